The number of nitrogens with one attached hydrogen (secondary N) is 2. The minimum atomic E-state index is -0.815. The third kappa shape index (κ3) is 4.31. The average Bonchev–Trinajstić information content (AvgIpc) is 3.31. The largest absolute Gasteiger partial charge is 0.330 e. The van der Waals surface area contributed by atoms with Crippen molar-refractivity contribution in [3.05, 3.63) is 71.1 Å². The summed E-state index contributed by atoms with van der Waals surface area (Å²) in [7, 11) is 3.54. The number of anilines is 1. The van der Waals surface area contributed by atoms with Crippen molar-refractivity contribution in [2.24, 2.45) is 0 Å². The summed E-state index contributed by atoms with van der Waals surface area (Å²) in [6.45, 7) is 0.576. The van der Waals surface area contributed by atoms with E-state index < -0.39 is 35.5 Å². The topological polar surface area (TPSA) is 64.3 Å². The number of carbonyl (C=O) groups is 1. The Morgan fingerprint density at radius 1 is 1.12 bits per heavy atom. The number of aromatic amines is 1. The lowest BCUT2D eigenvalue weighted by Gasteiger charge is -2.26. The number of hydrogen-bond donors (Lipinski definition) is 2. The van der Waals surface area contributed by atoms with E-state index in [1.165, 1.54) is 35.4 Å². The number of likely N-dealkylation sites (N-methyl/N-ethyl adjacent to an activating group) is 1. The lowest BCUT2D eigenvalue weighted by Crippen LogP contribution is -2.43. The SMILES string of the molecule is CN(C)C[C@@H](NC(=O)N1CCc2cc(-c3c[nH]nc3F)c(F)cc21)c1cc(F)cc(F)c1. The summed E-state index contributed by atoms with van der Waals surface area (Å²) in [5.74, 6) is -3.00. The Balaban J connectivity index is 1.60. The second kappa shape index (κ2) is 8.62. The third-order valence-corrected chi connectivity index (χ3v) is 5.33. The molecule has 1 aromatic heterocycles. The van der Waals surface area contributed by atoms with Gasteiger partial charge in [-0.1, -0.05) is 0 Å². The number of benzene rings is 2. The van der Waals surface area contributed by atoms with Crippen LogP contribution < -0.4 is 10.2 Å². The molecule has 168 valence electrons. The van der Waals surface area contributed by atoms with E-state index in [0.29, 0.717) is 24.2 Å². The molecule has 32 heavy (non-hydrogen) atoms. The van der Waals surface area contributed by atoms with Gasteiger partial charge in [-0.05, 0) is 55.9 Å². The van der Waals surface area contributed by atoms with Crippen molar-refractivity contribution in [3.8, 4) is 11.1 Å². The van der Waals surface area contributed by atoms with Gasteiger partial charge in [0.15, 0.2) is 0 Å². The van der Waals surface area contributed by atoms with Crippen LogP contribution in [0.25, 0.3) is 11.1 Å². The minimum Gasteiger partial charge on any atom is -0.330 e. The van der Waals surface area contributed by atoms with E-state index in [0.717, 1.165) is 6.07 Å². The van der Waals surface area contributed by atoms with Crippen LogP contribution in [0.15, 0.2) is 36.5 Å². The highest BCUT2D eigenvalue weighted by Crippen LogP contribution is 2.35. The fraction of sp³-hybridized carbons (Fsp3) is 0.273. The Labute approximate surface area is 181 Å². The zero-order valence-corrected chi connectivity index (χ0v) is 17.4. The standard InChI is InChI=1S/C22H21F4N5O/c1-30(2)11-19(13-5-14(23)8-15(24)6-13)28-22(32)31-4-3-12-7-16(18(25)9-20(12)31)17-10-27-29-21(17)26/h5-10,19H,3-4,11H2,1-2H3,(H,27,29)(H,28,32)/t19-/m1/s1. The molecule has 0 saturated carbocycles. The first-order valence-corrected chi connectivity index (χ1v) is 9.93. The predicted molar refractivity (Wildman–Crippen MR) is 111 cm³/mol. The molecule has 0 fully saturated rings. The first kappa shape index (κ1) is 21.8. The molecule has 6 nitrogen and oxygen atoms in total. The van der Waals surface area contributed by atoms with Crippen molar-refractivity contribution in [1.82, 2.24) is 20.4 Å². The summed E-state index contributed by atoms with van der Waals surface area (Å²) >= 11 is 0. The molecule has 1 atom stereocenters. The second-order valence-corrected chi connectivity index (χ2v) is 7.92. The fourth-order valence-corrected chi connectivity index (χ4v) is 3.89. The van der Waals surface area contributed by atoms with Crippen molar-refractivity contribution in [2.75, 3.05) is 32.1 Å². The molecule has 0 radical (unpaired) electrons. The Morgan fingerprint density at radius 3 is 2.47 bits per heavy atom. The maximum atomic E-state index is 14.8. The normalized spacial score (nSPS) is 14.0. The van der Waals surface area contributed by atoms with E-state index in [2.05, 4.69) is 15.5 Å². The number of carbonyl (C=O) groups excluding carboxylic acids is 1. The van der Waals surface area contributed by atoms with E-state index in [1.807, 2.05) is 0 Å². The number of rotatable bonds is 5. The summed E-state index contributed by atoms with van der Waals surface area (Å²) in [5, 5.41) is 8.52. The Hall–Kier alpha value is -3.40. The van der Waals surface area contributed by atoms with Gasteiger partial charge in [0.2, 0.25) is 5.95 Å². The maximum Gasteiger partial charge on any atom is 0.322 e. The van der Waals surface area contributed by atoms with Crippen LogP contribution in [-0.2, 0) is 6.42 Å². The first-order chi connectivity index (χ1) is 15.2. The molecule has 2 amide bonds. The number of aromatic nitrogens is 2. The van der Waals surface area contributed by atoms with Gasteiger partial charge in [-0.15, -0.1) is 5.10 Å². The van der Waals surface area contributed by atoms with Crippen molar-refractivity contribution in [2.45, 2.75) is 12.5 Å². The highest BCUT2D eigenvalue weighted by atomic mass is 19.1. The van der Waals surface area contributed by atoms with Crippen LogP contribution in [0, 0.1) is 23.4 Å². The molecule has 1 aliphatic rings. The van der Waals surface area contributed by atoms with E-state index in [-0.39, 0.29) is 23.2 Å². The summed E-state index contributed by atoms with van der Waals surface area (Å²) < 4.78 is 56.0. The molecule has 3 aromatic rings. The molecule has 0 unspecified atom stereocenters. The van der Waals surface area contributed by atoms with Crippen LogP contribution in [0.1, 0.15) is 17.2 Å². The van der Waals surface area contributed by atoms with E-state index in [1.54, 1.807) is 19.0 Å². The Bertz CT molecular complexity index is 1140. The van der Waals surface area contributed by atoms with Crippen LogP contribution >= 0.6 is 0 Å². The lowest BCUT2D eigenvalue weighted by atomic mass is 10.0. The zero-order chi connectivity index (χ0) is 23.0. The third-order valence-electron chi connectivity index (χ3n) is 5.33. The van der Waals surface area contributed by atoms with E-state index in [4.69, 9.17) is 0 Å². The van der Waals surface area contributed by atoms with Crippen LogP contribution in [0.2, 0.25) is 0 Å². The van der Waals surface area contributed by atoms with Crippen molar-refractivity contribution in [1.29, 1.82) is 0 Å². The molecule has 1 aliphatic heterocycles. The van der Waals surface area contributed by atoms with Crippen LogP contribution in [0.4, 0.5) is 28.0 Å². The van der Waals surface area contributed by atoms with Crippen molar-refractivity contribution < 1.29 is 22.4 Å². The van der Waals surface area contributed by atoms with Gasteiger partial charge in [-0.3, -0.25) is 10.00 Å². The first-order valence-electron chi connectivity index (χ1n) is 9.93. The van der Waals surface area contributed by atoms with Gasteiger partial charge in [0.25, 0.3) is 0 Å². The molecule has 0 spiro atoms. The van der Waals surface area contributed by atoms with Gasteiger partial charge in [0.05, 0.1) is 17.3 Å². The maximum absolute atomic E-state index is 14.8. The monoisotopic (exact) mass is 447 g/mol. The highest BCUT2D eigenvalue weighted by Gasteiger charge is 2.29. The van der Waals surface area contributed by atoms with Crippen LogP contribution in [0.5, 0.6) is 0 Å². The molecule has 2 aromatic carbocycles. The predicted octanol–water partition coefficient (Wildman–Crippen LogP) is 4.01. The number of amides is 2. The van der Waals surface area contributed by atoms with Gasteiger partial charge in [-0.25, -0.2) is 18.0 Å². The molecular formula is C22H21F4N5O. The molecule has 0 saturated heterocycles. The smallest absolute Gasteiger partial charge is 0.322 e. The highest BCUT2D eigenvalue weighted by molar-refractivity contribution is 5.95. The van der Waals surface area contributed by atoms with Gasteiger partial charge in [-0.2, -0.15) is 4.39 Å². The average molecular weight is 447 g/mol. The molecule has 4 rings (SSSR count). The number of nitrogens with zero attached hydrogens (tertiary/aromatic N) is 3. The molecular weight excluding hydrogens is 426 g/mol. The van der Waals surface area contributed by atoms with Crippen molar-refractivity contribution in [3.63, 3.8) is 0 Å². The minimum absolute atomic E-state index is 0.00683. The molecule has 0 aliphatic carbocycles. The molecule has 0 bridgehead atoms. The van der Waals surface area contributed by atoms with Gasteiger partial charge in [0, 0.05) is 30.9 Å². The molecule has 2 N–H and O–H groups in total. The number of halogens is 4. The van der Waals surface area contributed by atoms with E-state index >= 15 is 0 Å². The Kier molecular flexibility index (Phi) is 5.88. The van der Waals surface area contributed by atoms with Gasteiger partial charge in [0.1, 0.15) is 17.5 Å². The summed E-state index contributed by atoms with van der Waals surface area (Å²) in [4.78, 5) is 16.2. The number of urea groups is 1. The fourth-order valence-electron chi connectivity index (χ4n) is 3.89. The van der Waals surface area contributed by atoms with Gasteiger partial charge < -0.3 is 10.2 Å². The quantitative estimate of drug-likeness (QED) is 0.581. The van der Waals surface area contributed by atoms with Crippen molar-refractivity contribution >= 4 is 11.7 Å². The van der Waals surface area contributed by atoms with Gasteiger partial charge >= 0.3 is 6.03 Å². The molecule has 10 heteroatoms. The van der Waals surface area contributed by atoms with Crippen LogP contribution in [0.3, 0.4) is 0 Å². The summed E-state index contributed by atoms with van der Waals surface area (Å²) in [6.07, 6.45) is 1.71. The second-order valence-electron chi connectivity index (χ2n) is 7.92. The van der Waals surface area contributed by atoms with Crippen LogP contribution in [-0.4, -0.2) is 48.3 Å². The molecule has 2 heterocycles. The summed E-state index contributed by atoms with van der Waals surface area (Å²) in [5.41, 5.74) is 1.38. The van der Waals surface area contributed by atoms with E-state index in [9.17, 15) is 22.4 Å². The number of H-pyrrole nitrogens is 1. The Morgan fingerprint density at radius 2 is 1.84 bits per heavy atom. The zero-order valence-electron chi connectivity index (χ0n) is 17.4. The summed E-state index contributed by atoms with van der Waals surface area (Å²) in [6, 6.07) is 4.56. The lowest BCUT2D eigenvalue weighted by molar-refractivity contribution is 0.238. The number of hydrogen-bond acceptors (Lipinski definition) is 3. The number of fused-ring (bicyclic) bond motifs is 1.